The van der Waals surface area contributed by atoms with Gasteiger partial charge in [0.15, 0.2) is 0 Å². The third kappa shape index (κ3) is 3.90. The summed E-state index contributed by atoms with van der Waals surface area (Å²) in [5, 5.41) is 3.14. The molecule has 0 aromatic rings. The van der Waals surface area contributed by atoms with Crippen molar-refractivity contribution < 1.29 is 8.42 Å². The molecule has 19 heavy (non-hydrogen) atoms. The molecule has 2 aliphatic rings. The van der Waals surface area contributed by atoms with Gasteiger partial charge in [0.25, 0.3) is 10.2 Å². The van der Waals surface area contributed by atoms with Crippen molar-refractivity contribution in [2.24, 2.45) is 11.3 Å². The Kier molecular flexibility index (Phi) is 4.87. The van der Waals surface area contributed by atoms with Crippen LogP contribution in [0.1, 0.15) is 39.0 Å². The lowest BCUT2D eigenvalue weighted by molar-refractivity contribution is 0.164. The molecule has 0 amide bonds. The van der Waals surface area contributed by atoms with Crippen LogP contribution in [-0.4, -0.2) is 45.9 Å². The number of hydrogen-bond acceptors (Lipinski definition) is 3. The van der Waals surface area contributed by atoms with E-state index in [0.29, 0.717) is 25.6 Å². The fourth-order valence-corrected chi connectivity index (χ4v) is 4.50. The summed E-state index contributed by atoms with van der Waals surface area (Å²) in [6.45, 7) is 4.95. The van der Waals surface area contributed by atoms with E-state index in [9.17, 15) is 8.42 Å². The van der Waals surface area contributed by atoms with Gasteiger partial charge in [-0.3, -0.25) is 0 Å². The van der Waals surface area contributed by atoms with Crippen molar-refractivity contribution in [1.29, 1.82) is 0 Å². The Hall–Kier alpha value is -0.170. The van der Waals surface area contributed by atoms with Crippen LogP contribution in [0.25, 0.3) is 0 Å². The molecule has 1 saturated carbocycles. The van der Waals surface area contributed by atoms with E-state index in [1.54, 1.807) is 4.31 Å². The van der Waals surface area contributed by atoms with Gasteiger partial charge in [-0.25, -0.2) is 4.72 Å². The van der Waals surface area contributed by atoms with E-state index in [2.05, 4.69) is 17.0 Å². The lowest BCUT2D eigenvalue weighted by Gasteiger charge is -2.39. The lowest BCUT2D eigenvalue weighted by atomic mass is 9.71. The van der Waals surface area contributed by atoms with Crippen molar-refractivity contribution in [2.75, 3.05) is 33.2 Å². The molecule has 2 fully saturated rings. The summed E-state index contributed by atoms with van der Waals surface area (Å²) in [5.41, 5.74) is 0.188. The quantitative estimate of drug-likeness (QED) is 0.765. The summed E-state index contributed by atoms with van der Waals surface area (Å²) in [4.78, 5) is 0. The highest BCUT2D eigenvalue weighted by atomic mass is 32.2. The van der Waals surface area contributed by atoms with Gasteiger partial charge < -0.3 is 5.32 Å². The monoisotopic (exact) mass is 289 g/mol. The van der Waals surface area contributed by atoms with Crippen molar-refractivity contribution in [1.82, 2.24) is 14.3 Å². The normalized spacial score (nSPS) is 28.0. The maximum absolute atomic E-state index is 12.3. The molecule has 1 aliphatic carbocycles. The Morgan fingerprint density at radius 2 is 2.05 bits per heavy atom. The van der Waals surface area contributed by atoms with Gasteiger partial charge >= 0.3 is 0 Å². The third-order valence-electron chi connectivity index (χ3n) is 4.56. The average Bonchev–Trinajstić information content (AvgIpc) is 2.35. The van der Waals surface area contributed by atoms with E-state index in [-0.39, 0.29) is 5.41 Å². The van der Waals surface area contributed by atoms with Gasteiger partial charge in [-0.05, 0) is 50.6 Å². The zero-order valence-electron chi connectivity index (χ0n) is 12.1. The SMILES string of the molecule is CNCC1CCCN(S(=O)(=O)NCC2(C)CCC2)C1. The fraction of sp³-hybridized carbons (Fsp3) is 1.00. The Labute approximate surface area is 117 Å². The van der Waals surface area contributed by atoms with E-state index in [1.165, 1.54) is 6.42 Å². The molecule has 0 aromatic carbocycles. The van der Waals surface area contributed by atoms with Crippen molar-refractivity contribution in [2.45, 2.75) is 39.0 Å². The number of nitrogens with zero attached hydrogens (tertiary/aromatic N) is 1. The van der Waals surface area contributed by atoms with Crippen molar-refractivity contribution in [3.8, 4) is 0 Å². The molecule has 5 nitrogen and oxygen atoms in total. The number of hydrogen-bond donors (Lipinski definition) is 2. The maximum Gasteiger partial charge on any atom is 0.279 e. The standard InChI is InChI=1S/C13H27N3O2S/c1-13(6-4-7-13)11-15-19(17,18)16-8-3-5-12(10-16)9-14-2/h12,14-15H,3-11H2,1-2H3. The van der Waals surface area contributed by atoms with Crippen LogP contribution in [0.2, 0.25) is 0 Å². The Bertz CT molecular complexity index is 391. The minimum absolute atomic E-state index is 0.188. The summed E-state index contributed by atoms with van der Waals surface area (Å²) >= 11 is 0. The smallest absolute Gasteiger partial charge is 0.279 e. The first-order valence-electron chi connectivity index (χ1n) is 7.34. The second-order valence-electron chi connectivity index (χ2n) is 6.41. The second kappa shape index (κ2) is 6.08. The van der Waals surface area contributed by atoms with Crippen molar-refractivity contribution in [3.05, 3.63) is 0 Å². The Morgan fingerprint density at radius 1 is 1.32 bits per heavy atom. The predicted molar refractivity (Wildman–Crippen MR) is 77.1 cm³/mol. The van der Waals surface area contributed by atoms with E-state index in [1.807, 2.05) is 7.05 Å². The minimum Gasteiger partial charge on any atom is -0.319 e. The summed E-state index contributed by atoms with van der Waals surface area (Å²) < 4.78 is 29.1. The first-order valence-corrected chi connectivity index (χ1v) is 8.79. The molecule has 112 valence electrons. The molecular weight excluding hydrogens is 262 g/mol. The zero-order valence-corrected chi connectivity index (χ0v) is 12.9. The van der Waals surface area contributed by atoms with E-state index < -0.39 is 10.2 Å². The summed E-state index contributed by atoms with van der Waals surface area (Å²) in [7, 11) is -1.37. The van der Waals surface area contributed by atoms with Crippen LogP contribution in [0.3, 0.4) is 0 Å². The van der Waals surface area contributed by atoms with Gasteiger partial charge in [0, 0.05) is 19.6 Å². The molecule has 2 rings (SSSR count). The largest absolute Gasteiger partial charge is 0.319 e. The number of piperidine rings is 1. The molecule has 1 heterocycles. The fourth-order valence-electron chi connectivity index (χ4n) is 3.01. The third-order valence-corrected chi connectivity index (χ3v) is 6.08. The van der Waals surface area contributed by atoms with Gasteiger partial charge in [0.2, 0.25) is 0 Å². The van der Waals surface area contributed by atoms with E-state index in [4.69, 9.17) is 0 Å². The van der Waals surface area contributed by atoms with Gasteiger partial charge in [-0.1, -0.05) is 13.3 Å². The summed E-state index contributed by atoms with van der Waals surface area (Å²) in [6, 6.07) is 0. The molecule has 1 atom stereocenters. The molecule has 6 heteroatoms. The molecule has 1 aliphatic heterocycles. The molecule has 0 radical (unpaired) electrons. The second-order valence-corrected chi connectivity index (χ2v) is 8.17. The van der Waals surface area contributed by atoms with Crippen LogP contribution in [0.5, 0.6) is 0 Å². The van der Waals surface area contributed by atoms with Gasteiger partial charge in [-0.2, -0.15) is 12.7 Å². The molecule has 0 bridgehead atoms. The highest BCUT2D eigenvalue weighted by Crippen LogP contribution is 2.39. The van der Waals surface area contributed by atoms with Gasteiger partial charge in [0.1, 0.15) is 0 Å². The Balaban J connectivity index is 1.87. The average molecular weight is 289 g/mol. The molecule has 1 unspecified atom stereocenters. The first kappa shape index (κ1) is 15.2. The lowest BCUT2D eigenvalue weighted by Crippen LogP contribution is -2.50. The predicted octanol–water partition coefficient (Wildman–Crippen LogP) is 0.942. The van der Waals surface area contributed by atoms with Crippen molar-refractivity contribution in [3.63, 3.8) is 0 Å². The maximum atomic E-state index is 12.3. The zero-order chi connectivity index (χ0) is 13.9. The van der Waals surface area contributed by atoms with Crippen LogP contribution in [0, 0.1) is 11.3 Å². The highest BCUT2D eigenvalue weighted by Gasteiger charge is 2.35. The summed E-state index contributed by atoms with van der Waals surface area (Å²) in [5.74, 6) is 0.439. The Morgan fingerprint density at radius 3 is 2.63 bits per heavy atom. The van der Waals surface area contributed by atoms with Crippen LogP contribution in [-0.2, 0) is 10.2 Å². The van der Waals surface area contributed by atoms with Crippen LogP contribution >= 0.6 is 0 Å². The van der Waals surface area contributed by atoms with Crippen LogP contribution < -0.4 is 10.0 Å². The molecule has 2 N–H and O–H groups in total. The number of rotatable bonds is 6. The summed E-state index contributed by atoms with van der Waals surface area (Å²) in [6.07, 6.45) is 5.58. The van der Waals surface area contributed by atoms with Crippen LogP contribution in [0.15, 0.2) is 0 Å². The highest BCUT2D eigenvalue weighted by molar-refractivity contribution is 7.87. The van der Waals surface area contributed by atoms with Crippen LogP contribution in [0.4, 0.5) is 0 Å². The first-order chi connectivity index (χ1) is 8.95. The topological polar surface area (TPSA) is 61.4 Å². The van der Waals surface area contributed by atoms with Crippen molar-refractivity contribution >= 4 is 10.2 Å². The van der Waals surface area contributed by atoms with E-state index >= 15 is 0 Å². The van der Waals surface area contributed by atoms with Gasteiger partial charge in [0.05, 0.1) is 0 Å². The minimum atomic E-state index is -3.29. The molecule has 0 aromatic heterocycles. The number of nitrogens with one attached hydrogen (secondary N) is 2. The molecular formula is C13H27N3O2S. The molecule has 1 saturated heterocycles. The molecule has 0 spiro atoms. The van der Waals surface area contributed by atoms with Gasteiger partial charge in [-0.15, -0.1) is 0 Å². The van der Waals surface area contributed by atoms with E-state index in [0.717, 1.165) is 32.2 Å².